The maximum atomic E-state index is 6.26. The van der Waals surface area contributed by atoms with E-state index < -0.39 is 0 Å². The summed E-state index contributed by atoms with van der Waals surface area (Å²) in [5.41, 5.74) is 11.3. The number of rotatable bonds is 5. The van der Waals surface area contributed by atoms with Gasteiger partial charge < -0.3 is 13.6 Å². The molecule has 0 saturated carbocycles. The standard InChI is InChI=1S/C51H31N5O/c1-3-13-32(14-4-1)49-52-50(33-15-5-2-6-16-33)54-51(53-49)34-23-25-35(26-24-34)55-43-20-10-7-17-37(43)40-28-29-41-38-18-8-11-21-44(38)56(48(41)47(40)55)36-27-30-46-42(31-36)39-19-9-12-22-45(39)57-46/h1-31H. The largest absolute Gasteiger partial charge is 0.456 e. The topological polar surface area (TPSA) is 61.7 Å². The highest BCUT2D eigenvalue weighted by molar-refractivity contribution is 6.24. The molecule has 0 bridgehead atoms. The molecule has 0 unspecified atom stereocenters. The van der Waals surface area contributed by atoms with E-state index in [9.17, 15) is 0 Å². The molecule has 0 saturated heterocycles. The molecule has 57 heavy (non-hydrogen) atoms. The Balaban J connectivity index is 1.10. The maximum Gasteiger partial charge on any atom is 0.164 e. The summed E-state index contributed by atoms with van der Waals surface area (Å²) in [7, 11) is 0. The van der Waals surface area contributed by atoms with E-state index in [1.165, 1.54) is 21.5 Å². The highest BCUT2D eigenvalue weighted by Gasteiger charge is 2.22. The van der Waals surface area contributed by atoms with E-state index in [2.05, 4.69) is 124 Å². The third-order valence-electron chi connectivity index (χ3n) is 11.2. The molecule has 4 aromatic heterocycles. The minimum atomic E-state index is 0.626. The molecular weight excluding hydrogens is 699 g/mol. The van der Waals surface area contributed by atoms with Crippen LogP contribution in [0.15, 0.2) is 192 Å². The quantitative estimate of drug-likeness (QED) is 0.177. The molecule has 0 atom stereocenters. The predicted octanol–water partition coefficient (Wildman–Crippen LogP) is 13.0. The zero-order valence-corrected chi connectivity index (χ0v) is 30.5. The number of aromatic nitrogens is 5. The summed E-state index contributed by atoms with van der Waals surface area (Å²) in [4.78, 5) is 14.9. The highest BCUT2D eigenvalue weighted by Crippen LogP contribution is 2.42. The van der Waals surface area contributed by atoms with Crippen molar-refractivity contribution in [3.05, 3.63) is 188 Å². The average molecular weight is 730 g/mol. The van der Waals surface area contributed by atoms with Crippen LogP contribution >= 0.6 is 0 Å². The zero-order valence-electron chi connectivity index (χ0n) is 30.5. The van der Waals surface area contributed by atoms with Gasteiger partial charge in [-0.3, -0.25) is 0 Å². The van der Waals surface area contributed by atoms with E-state index in [0.717, 1.165) is 72.1 Å². The van der Waals surface area contributed by atoms with E-state index in [0.29, 0.717) is 17.5 Å². The van der Waals surface area contributed by atoms with Crippen LogP contribution in [-0.4, -0.2) is 24.1 Å². The van der Waals surface area contributed by atoms with Crippen molar-refractivity contribution in [2.75, 3.05) is 0 Å². The van der Waals surface area contributed by atoms with Gasteiger partial charge in [0.25, 0.3) is 0 Å². The van der Waals surface area contributed by atoms with Gasteiger partial charge in [-0.05, 0) is 60.7 Å². The Morgan fingerprint density at radius 1 is 0.316 bits per heavy atom. The third kappa shape index (κ3) is 4.87. The van der Waals surface area contributed by atoms with Crippen molar-refractivity contribution in [3.63, 3.8) is 0 Å². The minimum absolute atomic E-state index is 0.626. The molecule has 0 spiro atoms. The smallest absolute Gasteiger partial charge is 0.164 e. The summed E-state index contributed by atoms with van der Waals surface area (Å²) in [5, 5.41) is 7.00. The second-order valence-electron chi connectivity index (χ2n) is 14.4. The Bertz CT molecular complexity index is 3450. The first-order chi connectivity index (χ1) is 28.3. The van der Waals surface area contributed by atoms with Crippen LogP contribution < -0.4 is 0 Å². The molecule has 0 N–H and O–H groups in total. The van der Waals surface area contributed by atoms with Crippen LogP contribution in [0.4, 0.5) is 0 Å². The van der Waals surface area contributed by atoms with E-state index in [1.54, 1.807) is 0 Å². The molecule has 6 nitrogen and oxygen atoms in total. The van der Waals surface area contributed by atoms with Crippen LogP contribution in [0.5, 0.6) is 0 Å². The second kappa shape index (κ2) is 12.3. The van der Waals surface area contributed by atoms with Gasteiger partial charge in [-0.1, -0.05) is 127 Å². The summed E-state index contributed by atoms with van der Waals surface area (Å²) >= 11 is 0. The fourth-order valence-corrected chi connectivity index (χ4v) is 8.59. The van der Waals surface area contributed by atoms with Gasteiger partial charge >= 0.3 is 0 Å². The van der Waals surface area contributed by atoms with Gasteiger partial charge in [0, 0.05) is 60.4 Å². The van der Waals surface area contributed by atoms with E-state index in [4.69, 9.17) is 19.4 Å². The molecule has 0 radical (unpaired) electrons. The van der Waals surface area contributed by atoms with Crippen molar-refractivity contribution in [2.45, 2.75) is 0 Å². The Hall–Kier alpha value is -7.83. The lowest BCUT2D eigenvalue weighted by Crippen LogP contribution is -2.01. The van der Waals surface area contributed by atoms with E-state index in [-0.39, 0.29) is 0 Å². The number of para-hydroxylation sites is 3. The van der Waals surface area contributed by atoms with Crippen LogP contribution in [0, 0.1) is 0 Å². The second-order valence-corrected chi connectivity index (χ2v) is 14.4. The summed E-state index contributed by atoms with van der Waals surface area (Å²) in [6, 6.07) is 65.6. The number of hydrogen-bond acceptors (Lipinski definition) is 4. The first-order valence-electron chi connectivity index (χ1n) is 19.1. The Morgan fingerprint density at radius 3 is 1.33 bits per heavy atom. The van der Waals surface area contributed by atoms with Gasteiger partial charge in [-0.25, -0.2) is 15.0 Å². The summed E-state index contributed by atoms with van der Waals surface area (Å²) in [5.74, 6) is 1.91. The lowest BCUT2D eigenvalue weighted by Gasteiger charge is -2.13. The molecule has 0 aliphatic carbocycles. The van der Waals surface area contributed by atoms with Crippen molar-refractivity contribution < 1.29 is 4.42 Å². The monoisotopic (exact) mass is 729 g/mol. The normalized spacial score (nSPS) is 11.9. The van der Waals surface area contributed by atoms with Gasteiger partial charge in [0.2, 0.25) is 0 Å². The van der Waals surface area contributed by atoms with E-state index >= 15 is 0 Å². The van der Waals surface area contributed by atoms with Crippen molar-refractivity contribution >= 4 is 65.6 Å². The molecule has 0 aliphatic heterocycles. The average Bonchev–Trinajstić information content (AvgIpc) is 3.94. The first-order valence-corrected chi connectivity index (χ1v) is 19.1. The molecule has 8 aromatic carbocycles. The van der Waals surface area contributed by atoms with Crippen LogP contribution in [0.25, 0.3) is 111 Å². The van der Waals surface area contributed by atoms with Crippen LogP contribution in [0.3, 0.4) is 0 Å². The molecular formula is C51H31N5O. The third-order valence-corrected chi connectivity index (χ3v) is 11.2. The van der Waals surface area contributed by atoms with Gasteiger partial charge in [0.1, 0.15) is 11.2 Å². The molecule has 4 heterocycles. The number of furan rings is 1. The van der Waals surface area contributed by atoms with Crippen molar-refractivity contribution in [1.29, 1.82) is 0 Å². The predicted molar refractivity (Wildman–Crippen MR) is 232 cm³/mol. The maximum absolute atomic E-state index is 6.26. The molecule has 6 heteroatoms. The molecule has 12 rings (SSSR count). The van der Waals surface area contributed by atoms with Gasteiger partial charge in [-0.2, -0.15) is 0 Å². The van der Waals surface area contributed by atoms with Crippen molar-refractivity contribution in [2.24, 2.45) is 0 Å². The van der Waals surface area contributed by atoms with E-state index in [1.807, 2.05) is 72.8 Å². The lowest BCUT2D eigenvalue weighted by atomic mass is 10.1. The summed E-state index contributed by atoms with van der Waals surface area (Å²) < 4.78 is 11.1. The molecule has 0 fully saturated rings. The summed E-state index contributed by atoms with van der Waals surface area (Å²) in [6.07, 6.45) is 0. The van der Waals surface area contributed by atoms with Gasteiger partial charge in [-0.15, -0.1) is 0 Å². The number of hydrogen-bond donors (Lipinski definition) is 0. The number of benzene rings is 8. The Kier molecular flexibility index (Phi) is 6.83. The Morgan fingerprint density at radius 2 is 0.754 bits per heavy atom. The van der Waals surface area contributed by atoms with Gasteiger partial charge in [0.05, 0.1) is 22.1 Å². The van der Waals surface area contributed by atoms with Crippen LogP contribution in [0.2, 0.25) is 0 Å². The number of nitrogens with zero attached hydrogens (tertiary/aromatic N) is 5. The SMILES string of the molecule is c1ccc(-c2nc(-c3ccccc3)nc(-c3ccc(-n4c5ccccc5c5ccc6c7ccccc7n(-c7ccc8oc9ccccc9c8c7)c6c54)cc3)n2)cc1. The molecule has 0 aliphatic rings. The van der Waals surface area contributed by atoms with Crippen molar-refractivity contribution in [3.8, 4) is 45.5 Å². The number of fused-ring (bicyclic) bond motifs is 10. The zero-order chi connectivity index (χ0) is 37.5. The fourth-order valence-electron chi connectivity index (χ4n) is 8.59. The molecule has 12 aromatic rings. The Labute approximate surface area is 326 Å². The summed E-state index contributed by atoms with van der Waals surface area (Å²) in [6.45, 7) is 0. The first kappa shape index (κ1) is 31.5. The van der Waals surface area contributed by atoms with Crippen LogP contribution in [-0.2, 0) is 0 Å². The highest BCUT2D eigenvalue weighted by atomic mass is 16.3. The molecule has 266 valence electrons. The lowest BCUT2D eigenvalue weighted by molar-refractivity contribution is 0.669. The molecule has 0 amide bonds. The minimum Gasteiger partial charge on any atom is -0.456 e. The van der Waals surface area contributed by atoms with Crippen molar-refractivity contribution in [1.82, 2.24) is 24.1 Å². The van der Waals surface area contributed by atoms with Gasteiger partial charge in [0.15, 0.2) is 17.5 Å². The van der Waals surface area contributed by atoms with Crippen LogP contribution in [0.1, 0.15) is 0 Å². The fraction of sp³-hybridized carbons (Fsp3) is 0.